The van der Waals surface area contributed by atoms with Crippen molar-refractivity contribution in [3.63, 3.8) is 0 Å². The quantitative estimate of drug-likeness (QED) is 0.682. The van der Waals surface area contributed by atoms with Gasteiger partial charge in [-0.1, -0.05) is 25.7 Å². The van der Waals surface area contributed by atoms with Crippen molar-refractivity contribution in [3.05, 3.63) is 0 Å². The van der Waals surface area contributed by atoms with E-state index < -0.39 is 0 Å². The number of rotatable bonds is 4. The summed E-state index contributed by atoms with van der Waals surface area (Å²) in [5.41, 5.74) is 6.12. The summed E-state index contributed by atoms with van der Waals surface area (Å²) in [5.74, 6) is 0.762. The third kappa shape index (κ3) is 4.10. The molecule has 0 aromatic heterocycles. The largest absolute Gasteiger partial charge is 0.385 e. The molecule has 0 radical (unpaired) electrons. The van der Waals surface area contributed by atoms with Gasteiger partial charge in [-0.15, -0.1) is 0 Å². The minimum absolute atomic E-state index is 0.373. The maximum Gasteiger partial charge on any atom is 0.0477 e. The summed E-state index contributed by atoms with van der Waals surface area (Å²) in [6.45, 7) is 0.817. The topological polar surface area (TPSA) is 35.2 Å². The number of nitrogens with two attached hydrogens (primary N) is 1. The number of hydrogen-bond acceptors (Lipinski definition) is 2. The molecule has 1 fully saturated rings. The van der Waals surface area contributed by atoms with E-state index in [-0.39, 0.29) is 0 Å². The minimum Gasteiger partial charge on any atom is -0.385 e. The lowest BCUT2D eigenvalue weighted by atomic mass is 9.91. The molecule has 0 aliphatic heterocycles. The van der Waals surface area contributed by atoms with E-state index in [2.05, 4.69) is 0 Å². The molecule has 1 atom stereocenters. The van der Waals surface area contributed by atoms with E-state index in [1.807, 2.05) is 0 Å². The zero-order valence-corrected chi connectivity index (χ0v) is 8.80. The Labute approximate surface area is 81.8 Å². The van der Waals surface area contributed by atoms with Crippen molar-refractivity contribution >= 4 is 0 Å². The van der Waals surface area contributed by atoms with Gasteiger partial charge in [0.1, 0.15) is 0 Å². The highest BCUT2D eigenvalue weighted by Crippen LogP contribution is 2.25. The average Bonchev–Trinajstić information content (AvgIpc) is 2.42. The van der Waals surface area contributed by atoms with Crippen LogP contribution in [0.5, 0.6) is 0 Å². The van der Waals surface area contributed by atoms with Crippen molar-refractivity contribution in [1.82, 2.24) is 0 Å². The summed E-state index contributed by atoms with van der Waals surface area (Å²) in [6, 6.07) is 0.373. The van der Waals surface area contributed by atoms with E-state index >= 15 is 0 Å². The summed E-state index contributed by atoms with van der Waals surface area (Å²) < 4.78 is 5.05. The van der Waals surface area contributed by atoms with Gasteiger partial charge < -0.3 is 10.5 Å². The van der Waals surface area contributed by atoms with E-state index in [0.717, 1.165) is 18.9 Å². The lowest BCUT2D eigenvalue weighted by Crippen LogP contribution is -2.31. The molecule has 0 saturated heterocycles. The summed E-state index contributed by atoms with van der Waals surface area (Å²) in [6.07, 6.45) is 9.29. The molecule has 2 N–H and O–H groups in total. The molecular weight excluding hydrogens is 162 g/mol. The molecule has 1 rings (SSSR count). The minimum atomic E-state index is 0.373. The first kappa shape index (κ1) is 11.0. The van der Waals surface area contributed by atoms with Crippen LogP contribution in [0, 0.1) is 5.92 Å². The van der Waals surface area contributed by atoms with Gasteiger partial charge in [-0.05, 0) is 25.2 Å². The first-order valence-electron chi connectivity index (χ1n) is 5.59. The molecule has 0 heterocycles. The van der Waals surface area contributed by atoms with Gasteiger partial charge in [-0.3, -0.25) is 0 Å². The monoisotopic (exact) mass is 185 g/mol. The lowest BCUT2D eigenvalue weighted by molar-refractivity contribution is 0.176. The molecule has 0 aromatic rings. The molecule has 0 amide bonds. The van der Waals surface area contributed by atoms with Gasteiger partial charge in [-0.25, -0.2) is 0 Å². The Hall–Kier alpha value is -0.0800. The van der Waals surface area contributed by atoms with Gasteiger partial charge in [0.15, 0.2) is 0 Å². The first-order valence-corrected chi connectivity index (χ1v) is 5.59. The first-order chi connectivity index (χ1) is 6.34. The standard InChI is InChI=1S/C11H23NO/c1-13-9-8-11(12)10-6-4-2-3-5-7-10/h10-11H,2-9,12H2,1H3. The molecular formula is C11H23NO. The molecule has 1 aliphatic carbocycles. The Morgan fingerprint density at radius 2 is 1.85 bits per heavy atom. The van der Waals surface area contributed by atoms with Crippen LogP contribution in [0.3, 0.4) is 0 Å². The predicted octanol–water partition coefficient (Wildman–Crippen LogP) is 2.32. The van der Waals surface area contributed by atoms with Crippen LogP contribution in [0.25, 0.3) is 0 Å². The van der Waals surface area contributed by atoms with Crippen LogP contribution in [0.4, 0.5) is 0 Å². The lowest BCUT2D eigenvalue weighted by Gasteiger charge is -2.21. The fourth-order valence-corrected chi connectivity index (χ4v) is 2.23. The molecule has 1 aliphatic rings. The zero-order valence-electron chi connectivity index (χ0n) is 8.80. The molecule has 13 heavy (non-hydrogen) atoms. The van der Waals surface area contributed by atoms with Gasteiger partial charge in [0.2, 0.25) is 0 Å². The van der Waals surface area contributed by atoms with E-state index in [0.29, 0.717) is 6.04 Å². The average molecular weight is 185 g/mol. The molecule has 1 unspecified atom stereocenters. The van der Waals surface area contributed by atoms with E-state index in [1.54, 1.807) is 7.11 Å². The van der Waals surface area contributed by atoms with Crippen molar-refractivity contribution in [2.45, 2.75) is 51.0 Å². The summed E-state index contributed by atoms with van der Waals surface area (Å²) in [4.78, 5) is 0. The zero-order chi connectivity index (χ0) is 9.52. The number of hydrogen-bond donors (Lipinski definition) is 1. The van der Waals surface area contributed by atoms with Crippen LogP contribution in [-0.2, 0) is 4.74 Å². The predicted molar refractivity (Wildman–Crippen MR) is 55.7 cm³/mol. The van der Waals surface area contributed by atoms with Crippen LogP contribution >= 0.6 is 0 Å². The van der Waals surface area contributed by atoms with E-state index in [1.165, 1.54) is 38.5 Å². The van der Waals surface area contributed by atoms with E-state index in [4.69, 9.17) is 10.5 Å². The van der Waals surface area contributed by atoms with Crippen molar-refractivity contribution in [2.24, 2.45) is 11.7 Å². The third-order valence-corrected chi connectivity index (χ3v) is 3.16. The molecule has 0 aromatic carbocycles. The highest BCUT2D eigenvalue weighted by Gasteiger charge is 2.18. The number of ether oxygens (including phenoxy) is 1. The Morgan fingerprint density at radius 1 is 1.23 bits per heavy atom. The van der Waals surface area contributed by atoms with Gasteiger partial charge >= 0.3 is 0 Å². The van der Waals surface area contributed by atoms with Crippen LogP contribution < -0.4 is 5.73 Å². The van der Waals surface area contributed by atoms with Gasteiger partial charge in [0, 0.05) is 19.8 Å². The maximum atomic E-state index is 6.12. The van der Waals surface area contributed by atoms with Crippen LogP contribution in [-0.4, -0.2) is 19.8 Å². The number of methoxy groups -OCH3 is 1. The van der Waals surface area contributed by atoms with Crippen LogP contribution in [0.2, 0.25) is 0 Å². The molecule has 1 saturated carbocycles. The van der Waals surface area contributed by atoms with Crippen LogP contribution in [0.1, 0.15) is 44.9 Å². The fraction of sp³-hybridized carbons (Fsp3) is 1.00. The second kappa shape index (κ2) is 6.39. The van der Waals surface area contributed by atoms with Gasteiger partial charge in [-0.2, -0.15) is 0 Å². The maximum absolute atomic E-state index is 6.12. The van der Waals surface area contributed by atoms with Crippen molar-refractivity contribution in [2.75, 3.05) is 13.7 Å². The normalized spacial score (nSPS) is 22.6. The molecule has 2 heteroatoms. The van der Waals surface area contributed by atoms with Crippen molar-refractivity contribution < 1.29 is 4.74 Å². The molecule has 78 valence electrons. The third-order valence-electron chi connectivity index (χ3n) is 3.16. The van der Waals surface area contributed by atoms with Crippen molar-refractivity contribution in [3.8, 4) is 0 Å². The highest BCUT2D eigenvalue weighted by molar-refractivity contribution is 4.75. The summed E-state index contributed by atoms with van der Waals surface area (Å²) >= 11 is 0. The van der Waals surface area contributed by atoms with Gasteiger partial charge in [0.05, 0.1) is 0 Å². The van der Waals surface area contributed by atoms with Gasteiger partial charge in [0.25, 0.3) is 0 Å². The summed E-state index contributed by atoms with van der Waals surface area (Å²) in [5, 5.41) is 0. The van der Waals surface area contributed by atoms with Crippen molar-refractivity contribution in [1.29, 1.82) is 0 Å². The Balaban J connectivity index is 2.22. The SMILES string of the molecule is COCCC(N)C1CCCCCC1. The molecule has 0 spiro atoms. The molecule has 0 bridgehead atoms. The van der Waals surface area contributed by atoms with Crippen LogP contribution in [0.15, 0.2) is 0 Å². The highest BCUT2D eigenvalue weighted by atomic mass is 16.5. The Kier molecular flexibility index (Phi) is 5.40. The smallest absolute Gasteiger partial charge is 0.0477 e. The Bertz CT molecular complexity index is 119. The second-order valence-electron chi connectivity index (χ2n) is 4.20. The fourth-order valence-electron chi connectivity index (χ4n) is 2.23. The summed E-state index contributed by atoms with van der Waals surface area (Å²) in [7, 11) is 1.75. The Morgan fingerprint density at radius 3 is 2.38 bits per heavy atom. The second-order valence-corrected chi connectivity index (χ2v) is 4.20. The molecule has 2 nitrogen and oxygen atoms in total. The van der Waals surface area contributed by atoms with E-state index in [9.17, 15) is 0 Å².